The number of nitrogens with one attached hydrogen (secondary N) is 1. The number of carbonyl (C=O) groups excluding carboxylic acids is 1. The van der Waals surface area contributed by atoms with Crippen LogP contribution in [0.5, 0.6) is 0 Å². The molecule has 4 rings (SSSR count). The highest BCUT2D eigenvalue weighted by Gasteiger charge is 2.26. The van der Waals surface area contributed by atoms with Crippen LogP contribution in [0.4, 0.5) is 5.69 Å². The Kier molecular flexibility index (Phi) is 4.11. The van der Waals surface area contributed by atoms with E-state index in [4.69, 9.17) is 0 Å². The van der Waals surface area contributed by atoms with Crippen LogP contribution in [0, 0.1) is 13.8 Å². The van der Waals surface area contributed by atoms with E-state index in [1.54, 1.807) is 4.57 Å². The summed E-state index contributed by atoms with van der Waals surface area (Å²) in [6, 6.07) is 15.4. The lowest BCUT2D eigenvalue weighted by atomic mass is 9.92. The van der Waals surface area contributed by atoms with Crippen LogP contribution >= 0.6 is 0 Å². The maximum Gasteiger partial charge on any atom is 0.272 e. The fourth-order valence-electron chi connectivity index (χ4n) is 3.60. The van der Waals surface area contributed by atoms with Gasteiger partial charge in [0.25, 0.3) is 11.5 Å². The maximum absolute atomic E-state index is 13.0. The molecule has 1 aliphatic carbocycles. The molecule has 1 aromatic heterocycles. The zero-order valence-corrected chi connectivity index (χ0v) is 15.1. The topological polar surface area (TPSA) is 51.1 Å². The first-order valence-corrected chi connectivity index (χ1v) is 9.07. The van der Waals surface area contributed by atoms with Crippen LogP contribution in [-0.2, 0) is 0 Å². The predicted octanol–water partition coefficient (Wildman–Crippen LogP) is 4.60. The van der Waals surface area contributed by atoms with Crippen molar-refractivity contribution in [3.05, 3.63) is 75.7 Å². The van der Waals surface area contributed by atoms with Gasteiger partial charge in [0.2, 0.25) is 0 Å². The molecule has 4 heteroatoms. The Morgan fingerprint density at radius 2 is 1.85 bits per heavy atom. The largest absolute Gasteiger partial charge is 0.320 e. The van der Waals surface area contributed by atoms with Crippen LogP contribution in [0.3, 0.4) is 0 Å². The van der Waals surface area contributed by atoms with Crippen LogP contribution in [0.25, 0.3) is 10.8 Å². The fraction of sp³-hybridized carbons (Fsp3) is 0.273. The number of rotatable bonds is 3. The normalized spacial score (nSPS) is 14.2. The minimum absolute atomic E-state index is 0.0708. The number of fused-ring (bicyclic) bond motifs is 1. The molecule has 0 atom stereocenters. The summed E-state index contributed by atoms with van der Waals surface area (Å²) in [6.45, 7) is 4.00. The van der Waals surface area contributed by atoms with Crippen molar-refractivity contribution in [2.45, 2.75) is 39.2 Å². The van der Waals surface area contributed by atoms with Crippen LogP contribution in [0.1, 0.15) is 46.9 Å². The number of aromatic nitrogens is 1. The fourth-order valence-corrected chi connectivity index (χ4v) is 3.60. The van der Waals surface area contributed by atoms with E-state index in [-0.39, 0.29) is 17.5 Å². The molecule has 26 heavy (non-hydrogen) atoms. The van der Waals surface area contributed by atoms with E-state index in [1.165, 1.54) is 0 Å². The standard InChI is InChI=1S/C22H22N2O2/c1-14-10-11-19(15(2)12-14)23-21(25)20-13-16-6-3-4-9-18(16)22(26)24(20)17-7-5-8-17/h3-4,6,9-13,17H,5,7-8H2,1-2H3,(H,23,25). The number of anilines is 1. The van der Waals surface area contributed by atoms with Crippen molar-refractivity contribution in [3.63, 3.8) is 0 Å². The average molecular weight is 346 g/mol. The lowest BCUT2D eigenvalue weighted by molar-refractivity contribution is 0.101. The van der Waals surface area contributed by atoms with Gasteiger partial charge in [0, 0.05) is 17.1 Å². The van der Waals surface area contributed by atoms with Crippen molar-refractivity contribution in [1.29, 1.82) is 0 Å². The van der Waals surface area contributed by atoms with Crippen molar-refractivity contribution < 1.29 is 4.79 Å². The number of amides is 1. The third-order valence-corrected chi connectivity index (χ3v) is 5.26. The van der Waals surface area contributed by atoms with Gasteiger partial charge in [0.05, 0.1) is 0 Å². The summed E-state index contributed by atoms with van der Waals surface area (Å²) in [5, 5.41) is 4.46. The highest BCUT2D eigenvalue weighted by atomic mass is 16.2. The van der Waals surface area contributed by atoms with Gasteiger partial charge in [0.1, 0.15) is 5.69 Å². The molecule has 0 bridgehead atoms. The molecule has 4 nitrogen and oxygen atoms in total. The van der Waals surface area contributed by atoms with E-state index in [9.17, 15) is 9.59 Å². The van der Waals surface area contributed by atoms with Crippen LogP contribution < -0.4 is 10.9 Å². The number of nitrogens with zero attached hydrogens (tertiary/aromatic N) is 1. The van der Waals surface area contributed by atoms with E-state index < -0.39 is 0 Å². The number of carbonyl (C=O) groups is 1. The third kappa shape index (κ3) is 2.81. The number of pyridine rings is 1. The van der Waals surface area contributed by atoms with Gasteiger partial charge < -0.3 is 9.88 Å². The Balaban J connectivity index is 1.81. The Labute approximate surface area is 152 Å². The first-order chi connectivity index (χ1) is 12.5. The van der Waals surface area contributed by atoms with Crippen molar-refractivity contribution in [1.82, 2.24) is 4.57 Å². The number of hydrogen-bond acceptors (Lipinski definition) is 2. The number of benzene rings is 2. The smallest absolute Gasteiger partial charge is 0.272 e. The van der Waals surface area contributed by atoms with Crippen molar-refractivity contribution >= 4 is 22.4 Å². The second kappa shape index (κ2) is 6.45. The molecule has 1 fully saturated rings. The molecule has 2 aromatic carbocycles. The third-order valence-electron chi connectivity index (χ3n) is 5.26. The lowest BCUT2D eigenvalue weighted by Gasteiger charge is -2.30. The van der Waals surface area contributed by atoms with Gasteiger partial charge in [-0.1, -0.05) is 35.9 Å². The van der Waals surface area contributed by atoms with Gasteiger partial charge in [-0.2, -0.15) is 0 Å². The minimum Gasteiger partial charge on any atom is -0.320 e. The quantitative estimate of drug-likeness (QED) is 0.754. The SMILES string of the molecule is Cc1ccc(NC(=O)c2cc3ccccc3c(=O)n2C2CCC2)c(C)c1. The molecule has 0 unspecified atom stereocenters. The van der Waals surface area contributed by atoms with E-state index in [1.807, 2.05) is 62.4 Å². The summed E-state index contributed by atoms with van der Waals surface area (Å²) in [7, 11) is 0. The van der Waals surface area contributed by atoms with Crippen molar-refractivity contribution in [2.75, 3.05) is 5.32 Å². The molecular formula is C22H22N2O2. The first-order valence-electron chi connectivity index (χ1n) is 9.07. The summed E-state index contributed by atoms with van der Waals surface area (Å²) in [4.78, 5) is 26.1. The van der Waals surface area contributed by atoms with Gasteiger partial charge >= 0.3 is 0 Å². The Hall–Kier alpha value is -2.88. The maximum atomic E-state index is 13.0. The van der Waals surface area contributed by atoms with Crippen LogP contribution in [-0.4, -0.2) is 10.5 Å². The molecule has 0 saturated heterocycles. The number of hydrogen-bond donors (Lipinski definition) is 1. The molecule has 1 heterocycles. The molecule has 3 aromatic rings. The Morgan fingerprint density at radius 1 is 1.08 bits per heavy atom. The summed E-state index contributed by atoms with van der Waals surface area (Å²) < 4.78 is 1.70. The van der Waals surface area contributed by atoms with Gasteiger partial charge in [0.15, 0.2) is 0 Å². The second-order valence-corrected chi connectivity index (χ2v) is 7.15. The summed E-state index contributed by atoms with van der Waals surface area (Å²) in [5.41, 5.74) is 3.31. The van der Waals surface area contributed by atoms with Crippen LogP contribution in [0.15, 0.2) is 53.3 Å². The van der Waals surface area contributed by atoms with Gasteiger partial charge in [-0.05, 0) is 62.3 Å². The monoisotopic (exact) mass is 346 g/mol. The summed E-state index contributed by atoms with van der Waals surface area (Å²) in [6.07, 6.45) is 2.99. The van der Waals surface area contributed by atoms with Crippen molar-refractivity contribution in [2.24, 2.45) is 0 Å². The average Bonchev–Trinajstić information content (AvgIpc) is 2.58. The second-order valence-electron chi connectivity index (χ2n) is 7.15. The first kappa shape index (κ1) is 16.6. The van der Waals surface area contributed by atoms with Crippen molar-refractivity contribution in [3.8, 4) is 0 Å². The highest BCUT2D eigenvalue weighted by Crippen LogP contribution is 2.32. The van der Waals surface area contributed by atoms with E-state index in [0.717, 1.165) is 41.5 Å². The molecule has 0 spiro atoms. The van der Waals surface area contributed by atoms with Crippen LogP contribution in [0.2, 0.25) is 0 Å². The van der Waals surface area contributed by atoms with Gasteiger partial charge in [-0.15, -0.1) is 0 Å². The zero-order chi connectivity index (χ0) is 18.3. The van der Waals surface area contributed by atoms with E-state index >= 15 is 0 Å². The molecular weight excluding hydrogens is 324 g/mol. The molecule has 0 aliphatic heterocycles. The Morgan fingerprint density at radius 3 is 2.54 bits per heavy atom. The molecule has 0 radical (unpaired) electrons. The summed E-state index contributed by atoms with van der Waals surface area (Å²) in [5.74, 6) is -0.230. The Bertz CT molecular complexity index is 1060. The lowest BCUT2D eigenvalue weighted by Crippen LogP contribution is -2.34. The molecule has 1 saturated carbocycles. The van der Waals surface area contributed by atoms with Gasteiger partial charge in [-0.3, -0.25) is 9.59 Å². The zero-order valence-electron chi connectivity index (χ0n) is 15.1. The summed E-state index contributed by atoms with van der Waals surface area (Å²) >= 11 is 0. The highest BCUT2D eigenvalue weighted by molar-refractivity contribution is 6.05. The van der Waals surface area contributed by atoms with E-state index in [0.29, 0.717) is 11.1 Å². The molecule has 1 N–H and O–H groups in total. The van der Waals surface area contributed by atoms with E-state index in [2.05, 4.69) is 5.32 Å². The number of aryl methyl sites for hydroxylation is 2. The molecule has 1 amide bonds. The molecule has 132 valence electrons. The molecule has 1 aliphatic rings. The van der Waals surface area contributed by atoms with Gasteiger partial charge in [-0.25, -0.2) is 0 Å². The predicted molar refractivity (Wildman–Crippen MR) is 105 cm³/mol. The minimum atomic E-state index is -0.230.